The normalized spacial score (nSPS) is 16.8. The highest BCUT2D eigenvalue weighted by molar-refractivity contribution is 5.78. The average molecular weight is 185 g/mol. The molecule has 6 nitrogen and oxygen atoms in total. The van der Waals surface area contributed by atoms with Gasteiger partial charge in [0.05, 0.1) is 6.54 Å². The van der Waals surface area contributed by atoms with Crippen LogP contribution in [0.1, 0.15) is 12.8 Å². The van der Waals surface area contributed by atoms with Crippen LogP contribution < -0.4 is 22.1 Å². The fourth-order valence-electron chi connectivity index (χ4n) is 0.838. The molecule has 0 unspecified atom stereocenters. The number of guanidine groups is 1. The minimum atomic E-state index is -0.538. The Morgan fingerprint density at radius 2 is 2.15 bits per heavy atom. The molecule has 6 heteroatoms. The number of carbonyl (C=O) groups excluding carboxylic acids is 1. The second-order valence-electron chi connectivity index (χ2n) is 2.98. The van der Waals surface area contributed by atoms with E-state index in [0.29, 0.717) is 25.1 Å². The fraction of sp³-hybridized carbons (Fsp3) is 0.714. The molecule has 0 aliphatic heterocycles. The van der Waals surface area contributed by atoms with Crippen LogP contribution in [-0.2, 0) is 0 Å². The predicted octanol–water partition coefficient (Wildman–Crippen LogP) is -1.28. The third kappa shape index (κ3) is 4.89. The van der Waals surface area contributed by atoms with Crippen molar-refractivity contribution in [1.82, 2.24) is 10.6 Å². The van der Waals surface area contributed by atoms with Crippen molar-refractivity contribution in [1.29, 1.82) is 0 Å². The van der Waals surface area contributed by atoms with E-state index in [9.17, 15) is 4.79 Å². The molecule has 0 aromatic carbocycles. The van der Waals surface area contributed by atoms with Gasteiger partial charge in [0.15, 0.2) is 5.96 Å². The largest absolute Gasteiger partial charge is 0.370 e. The summed E-state index contributed by atoms with van der Waals surface area (Å²) in [6.45, 7) is 0.872. The first-order chi connectivity index (χ1) is 6.18. The van der Waals surface area contributed by atoms with Crippen molar-refractivity contribution < 1.29 is 4.79 Å². The molecule has 0 spiro atoms. The smallest absolute Gasteiger partial charge is 0.312 e. The highest BCUT2D eigenvalue weighted by Crippen LogP contribution is 2.17. The van der Waals surface area contributed by atoms with Crippen LogP contribution in [-0.4, -0.2) is 31.1 Å². The van der Waals surface area contributed by atoms with Crippen molar-refractivity contribution >= 4 is 12.0 Å². The van der Waals surface area contributed by atoms with Crippen LogP contribution >= 0.6 is 0 Å². The van der Waals surface area contributed by atoms with Crippen LogP contribution in [0.25, 0.3) is 0 Å². The van der Waals surface area contributed by atoms with Crippen LogP contribution in [0.4, 0.5) is 4.79 Å². The van der Waals surface area contributed by atoms with Gasteiger partial charge in [0.1, 0.15) is 0 Å². The van der Waals surface area contributed by atoms with E-state index < -0.39 is 6.03 Å². The molecular formula is C7H15N5O. The summed E-state index contributed by atoms with van der Waals surface area (Å²) in [5, 5.41) is 5.44. The maximum Gasteiger partial charge on any atom is 0.312 e. The van der Waals surface area contributed by atoms with Crippen molar-refractivity contribution in [2.24, 2.45) is 16.5 Å². The maximum atomic E-state index is 10.2. The van der Waals surface area contributed by atoms with Crippen LogP contribution in [0, 0.1) is 0 Å². The van der Waals surface area contributed by atoms with E-state index in [4.69, 9.17) is 11.5 Å². The molecule has 1 saturated carbocycles. The third-order valence-corrected chi connectivity index (χ3v) is 1.62. The van der Waals surface area contributed by atoms with Gasteiger partial charge in [0.2, 0.25) is 0 Å². The topological polar surface area (TPSA) is 106 Å². The van der Waals surface area contributed by atoms with Crippen molar-refractivity contribution in [3.63, 3.8) is 0 Å². The zero-order valence-corrected chi connectivity index (χ0v) is 7.42. The van der Waals surface area contributed by atoms with Gasteiger partial charge in [-0.05, 0) is 12.8 Å². The number of amides is 2. The lowest BCUT2D eigenvalue weighted by Gasteiger charge is -2.02. The summed E-state index contributed by atoms with van der Waals surface area (Å²) in [5.41, 5.74) is 10.4. The lowest BCUT2D eigenvalue weighted by atomic mass is 10.6. The van der Waals surface area contributed by atoms with Gasteiger partial charge in [-0.25, -0.2) is 4.79 Å². The Morgan fingerprint density at radius 3 is 2.69 bits per heavy atom. The lowest BCUT2D eigenvalue weighted by Crippen LogP contribution is -2.35. The van der Waals surface area contributed by atoms with Gasteiger partial charge in [-0.15, -0.1) is 0 Å². The minimum absolute atomic E-state index is 0.419. The molecule has 74 valence electrons. The Morgan fingerprint density at radius 1 is 1.46 bits per heavy atom. The molecule has 0 aromatic heterocycles. The van der Waals surface area contributed by atoms with Gasteiger partial charge in [0, 0.05) is 12.6 Å². The minimum Gasteiger partial charge on any atom is -0.370 e. The number of nitrogens with zero attached hydrogens (tertiary/aromatic N) is 1. The molecule has 13 heavy (non-hydrogen) atoms. The molecule has 0 aromatic rings. The second kappa shape index (κ2) is 4.54. The molecule has 0 radical (unpaired) electrons. The first kappa shape index (κ1) is 9.63. The number of hydrogen-bond acceptors (Lipinski definition) is 2. The number of aliphatic imine (C=N–C) groups is 1. The summed E-state index contributed by atoms with van der Waals surface area (Å²) in [6, 6.07) is -0.0308. The van der Waals surface area contributed by atoms with E-state index in [0.717, 1.165) is 12.8 Å². The Balaban J connectivity index is 2.03. The Hall–Kier alpha value is -1.46. The number of primary amides is 1. The molecule has 1 aliphatic rings. The van der Waals surface area contributed by atoms with E-state index in [1.165, 1.54) is 0 Å². The van der Waals surface area contributed by atoms with E-state index in [1.807, 2.05) is 0 Å². The Bertz CT molecular complexity index is 211. The number of carbonyl (C=O) groups is 1. The SMILES string of the molecule is NC(=O)NCCN=C(N)NC1CC1. The molecule has 0 saturated heterocycles. The van der Waals surface area contributed by atoms with Crippen molar-refractivity contribution in [3.05, 3.63) is 0 Å². The van der Waals surface area contributed by atoms with Gasteiger partial charge in [-0.1, -0.05) is 0 Å². The molecular weight excluding hydrogens is 170 g/mol. The van der Waals surface area contributed by atoms with Crippen LogP contribution in [0.2, 0.25) is 0 Å². The van der Waals surface area contributed by atoms with E-state index in [1.54, 1.807) is 0 Å². The van der Waals surface area contributed by atoms with Crippen molar-refractivity contribution in [2.45, 2.75) is 18.9 Å². The van der Waals surface area contributed by atoms with Crippen molar-refractivity contribution in [2.75, 3.05) is 13.1 Å². The zero-order valence-electron chi connectivity index (χ0n) is 7.42. The van der Waals surface area contributed by atoms with Gasteiger partial charge in [0.25, 0.3) is 0 Å². The average Bonchev–Trinajstić information content (AvgIpc) is 2.81. The fourth-order valence-corrected chi connectivity index (χ4v) is 0.838. The summed E-state index contributed by atoms with van der Waals surface area (Å²) in [6.07, 6.45) is 2.32. The molecule has 0 heterocycles. The van der Waals surface area contributed by atoms with Crippen LogP contribution in [0.3, 0.4) is 0 Å². The van der Waals surface area contributed by atoms with Gasteiger partial charge in [-0.3, -0.25) is 4.99 Å². The summed E-state index contributed by atoms with van der Waals surface area (Å²) in [7, 11) is 0. The number of rotatable bonds is 4. The summed E-state index contributed by atoms with van der Waals surface area (Å²) < 4.78 is 0. The summed E-state index contributed by atoms with van der Waals surface area (Å²) in [5.74, 6) is 0.439. The zero-order chi connectivity index (χ0) is 9.68. The number of nitrogens with two attached hydrogens (primary N) is 2. The molecule has 6 N–H and O–H groups in total. The molecule has 2 amide bonds. The van der Waals surface area contributed by atoms with Gasteiger partial charge < -0.3 is 22.1 Å². The highest BCUT2D eigenvalue weighted by Gasteiger charge is 2.21. The monoisotopic (exact) mass is 185 g/mol. The van der Waals surface area contributed by atoms with Crippen LogP contribution in [0.5, 0.6) is 0 Å². The molecule has 0 bridgehead atoms. The maximum absolute atomic E-state index is 10.2. The van der Waals surface area contributed by atoms with Crippen LogP contribution in [0.15, 0.2) is 4.99 Å². The Kier molecular flexibility index (Phi) is 3.36. The standard InChI is InChI=1S/C7H15N5O/c8-6(12-5-1-2-5)10-3-4-11-7(9)13/h5H,1-4H2,(H3,8,10,12)(H3,9,11,13). The summed E-state index contributed by atoms with van der Waals surface area (Å²) >= 11 is 0. The second-order valence-corrected chi connectivity index (χ2v) is 2.98. The first-order valence-electron chi connectivity index (χ1n) is 4.28. The number of nitrogens with one attached hydrogen (secondary N) is 2. The van der Waals surface area contributed by atoms with E-state index in [-0.39, 0.29) is 0 Å². The predicted molar refractivity (Wildman–Crippen MR) is 50.2 cm³/mol. The van der Waals surface area contributed by atoms with E-state index >= 15 is 0 Å². The molecule has 1 aliphatic carbocycles. The number of hydrogen-bond donors (Lipinski definition) is 4. The molecule has 0 atom stereocenters. The molecule has 1 fully saturated rings. The summed E-state index contributed by atoms with van der Waals surface area (Å²) in [4.78, 5) is 14.2. The van der Waals surface area contributed by atoms with Gasteiger partial charge >= 0.3 is 6.03 Å². The van der Waals surface area contributed by atoms with Crippen molar-refractivity contribution in [3.8, 4) is 0 Å². The third-order valence-electron chi connectivity index (χ3n) is 1.62. The Labute approximate surface area is 76.8 Å². The highest BCUT2D eigenvalue weighted by atomic mass is 16.2. The van der Waals surface area contributed by atoms with Gasteiger partial charge in [-0.2, -0.15) is 0 Å². The quantitative estimate of drug-likeness (QED) is 0.249. The lowest BCUT2D eigenvalue weighted by molar-refractivity contribution is 0.249. The van der Waals surface area contributed by atoms with E-state index in [2.05, 4.69) is 15.6 Å². The first-order valence-corrected chi connectivity index (χ1v) is 4.28. The molecule has 1 rings (SSSR count). The number of urea groups is 1.